The maximum atomic E-state index is 4.63. The monoisotopic (exact) mass is 278 g/mol. The molecule has 0 radical (unpaired) electrons. The summed E-state index contributed by atoms with van der Waals surface area (Å²) in [6.07, 6.45) is 2.86. The van der Waals surface area contributed by atoms with Gasteiger partial charge in [-0.25, -0.2) is 9.97 Å². The Morgan fingerprint density at radius 1 is 1.10 bits per heavy atom. The molecule has 2 aromatic heterocycles. The summed E-state index contributed by atoms with van der Waals surface area (Å²) >= 11 is 0. The van der Waals surface area contributed by atoms with Crippen LogP contribution in [0, 0.1) is 6.92 Å². The quantitative estimate of drug-likeness (QED) is 0.788. The summed E-state index contributed by atoms with van der Waals surface area (Å²) in [7, 11) is 0. The molecule has 0 saturated carbocycles. The van der Waals surface area contributed by atoms with E-state index in [2.05, 4.69) is 45.4 Å². The third-order valence-electron chi connectivity index (χ3n) is 3.30. The van der Waals surface area contributed by atoms with Crippen LogP contribution in [0.2, 0.25) is 0 Å². The van der Waals surface area contributed by atoms with Gasteiger partial charge < -0.3 is 5.32 Å². The Hall–Kier alpha value is -2.49. The van der Waals surface area contributed by atoms with E-state index in [0.717, 1.165) is 40.8 Å². The molecule has 3 rings (SSSR count). The Labute approximate surface area is 124 Å². The Morgan fingerprint density at radius 3 is 2.81 bits per heavy atom. The first-order valence-electron chi connectivity index (χ1n) is 7.21. The summed E-state index contributed by atoms with van der Waals surface area (Å²) in [6.45, 7) is 4.98. The van der Waals surface area contributed by atoms with Crippen LogP contribution in [-0.2, 0) is 0 Å². The molecule has 0 saturated heterocycles. The van der Waals surface area contributed by atoms with Crippen LogP contribution in [0.25, 0.3) is 22.2 Å². The minimum atomic E-state index is 0.680. The van der Waals surface area contributed by atoms with E-state index in [0.29, 0.717) is 5.95 Å². The van der Waals surface area contributed by atoms with Crippen molar-refractivity contribution >= 4 is 16.9 Å². The largest absolute Gasteiger partial charge is 0.354 e. The molecule has 0 aliphatic carbocycles. The molecule has 4 heteroatoms. The van der Waals surface area contributed by atoms with Crippen LogP contribution in [0.15, 0.2) is 42.6 Å². The van der Waals surface area contributed by atoms with E-state index in [1.807, 2.05) is 31.3 Å². The van der Waals surface area contributed by atoms with E-state index in [-0.39, 0.29) is 0 Å². The van der Waals surface area contributed by atoms with E-state index in [1.165, 1.54) is 0 Å². The third-order valence-corrected chi connectivity index (χ3v) is 3.30. The van der Waals surface area contributed by atoms with Gasteiger partial charge in [0, 0.05) is 29.4 Å². The average molecular weight is 278 g/mol. The lowest BCUT2D eigenvalue weighted by atomic mass is 10.1. The van der Waals surface area contributed by atoms with Gasteiger partial charge in [-0.2, -0.15) is 0 Å². The molecule has 3 aromatic rings. The minimum Gasteiger partial charge on any atom is -0.354 e. The van der Waals surface area contributed by atoms with Crippen molar-refractivity contribution in [2.24, 2.45) is 0 Å². The van der Waals surface area contributed by atoms with Gasteiger partial charge in [0.25, 0.3) is 0 Å². The number of para-hydroxylation sites is 1. The summed E-state index contributed by atoms with van der Waals surface area (Å²) in [5.41, 5.74) is 3.87. The molecule has 0 aliphatic rings. The number of hydrogen-bond acceptors (Lipinski definition) is 4. The van der Waals surface area contributed by atoms with Gasteiger partial charge in [0.1, 0.15) is 0 Å². The molecular weight excluding hydrogens is 260 g/mol. The van der Waals surface area contributed by atoms with E-state index in [4.69, 9.17) is 0 Å². The van der Waals surface area contributed by atoms with E-state index < -0.39 is 0 Å². The number of anilines is 1. The molecule has 0 amide bonds. The Morgan fingerprint density at radius 2 is 1.95 bits per heavy atom. The minimum absolute atomic E-state index is 0.680. The summed E-state index contributed by atoms with van der Waals surface area (Å²) in [6, 6.07) is 12.2. The molecule has 1 aromatic carbocycles. The molecule has 106 valence electrons. The van der Waals surface area contributed by atoms with E-state index in [1.54, 1.807) is 0 Å². The van der Waals surface area contributed by atoms with Gasteiger partial charge in [0.2, 0.25) is 5.95 Å². The first-order chi connectivity index (χ1) is 10.3. The van der Waals surface area contributed by atoms with Crippen molar-refractivity contribution in [3.8, 4) is 11.3 Å². The smallest absolute Gasteiger partial charge is 0.223 e. The zero-order valence-electron chi connectivity index (χ0n) is 12.3. The van der Waals surface area contributed by atoms with Gasteiger partial charge in [-0.3, -0.25) is 4.98 Å². The maximum absolute atomic E-state index is 4.63. The molecule has 0 atom stereocenters. The van der Waals surface area contributed by atoms with E-state index in [9.17, 15) is 0 Å². The van der Waals surface area contributed by atoms with Crippen LogP contribution in [0.1, 0.15) is 19.0 Å². The molecule has 1 N–H and O–H groups in total. The number of pyridine rings is 1. The van der Waals surface area contributed by atoms with Gasteiger partial charge >= 0.3 is 0 Å². The van der Waals surface area contributed by atoms with Gasteiger partial charge in [-0.1, -0.05) is 31.2 Å². The Balaban J connectivity index is 2.12. The highest BCUT2D eigenvalue weighted by atomic mass is 15.1. The predicted molar refractivity (Wildman–Crippen MR) is 86.3 cm³/mol. The topological polar surface area (TPSA) is 50.7 Å². The Bertz CT molecular complexity index is 762. The number of hydrogen-bond donors (Lipinski definition) is 1. The molecule has 0 bridgehead atoms. The molecule has 0 aliphatic heterocycles. The van der Waals surface area contributed by atoms with Crippen molar-refractivity contribution in [1.82, 2.24) is 15.0 Å². The lowest BCUT2D eigenvalue weighted by Crippen LogP contribution is -2.05. The van der Waals surface area contributed by atoms with Crippen molar-refractivity contribution in [2.75, 3.05) is 11.9 Å². The molecule has 4 nitrogen and oxygen atoms in total. The second kappa shape index (κ2) is 5.87. The standard InChI is InChI=1S/C17H18N4/c1-3-9-19-17-20-12(2)11-15(21-17)14-8-4-6-13-7-5-10-18-16(13)14/h4-8,10-11H,3,9H2,1-2H3,(H,19,20,21). The van der Waals surface area contributed by atoms with Crippen LogP contribution < -0.4 is 5.32 Å². The molecular formula is C17H18N4. The van der Waals surface area contributed by atoms with E-state index >= 15 is 0 Å². The summed E-state index contributed by atoms with van der Waals surface area (Å²) in [4.78, 5) is 13.6. The highest BCUT2D eigenvalue weighted by Crippen LogP contribution is 2.26. The lowest BCUT2D eigenvalue weighted by molar-refractivity contribution is 0.947. The zero-order valence-corrected chi connectivity index (χ0v) is 12.3. The second-order valence-corrected chi connectivity index (χ2v) is 5.03. The first kappa shape index (κ1) is 13.5. The molecule has 0 spiro atoms. The van der Waals surface area contributed by atoms with Crippen LogP contribution in [-0.4, -0.2) is 21.5 Å². The highest BCUT2D eigenvalue weighted by Gasteiger charge is 2.08. The fraction of sp³-hybridized carbons (Fsp3) is 0.235. The highest BCUT2D eigenvalue weighted by molar-refractivity contribution is 5.92. The van der Waals surface area contributed by atoms with Crippen LogP contribution in [0.4, 0.5) is 5.95 Å². The third kappa shape index (κ3) is 2.84. The van der Waals surface area contributed by atoms with Crippen molar-refractivity contribution in [2.45, 2.75) is 20.3 Å². The van der Waals surface area contributed by atoms with Gasteiger partial charge in [0.15, 0.2) is 0 Å². The van der Waals surface area contributed by atoms with Gasteiger partial charge in [-0.05, 0) is 25.5 Å². The fourth-order valence-electron chi connectivity index (χ4n) is 2.33. The number of aryl methyl sites for hydroxylation is 1. The van der Waals surface area contributed by atoms with Gasteiger partial charge in [0.05, 0.1) is 11.2 Å². The van der Waals surface area contributed by atoms with Crippen LogP contribution in [0.5, 0.6) is 0 Å². The number of nitrogens with zero attached hydrogens (tertiary/aromatic N) is 3. The van der Waals surface area contributed by atoms with Crippen molar-refractivity contribution in [3.63, 3.8) is 0 Å². The number of benzene rings is 1. The molecule has 0 unspecified atom stereocenters. The van der Waals surface area contributed by atoms with Crippen molar-refractivity contribution in [3.05, 3.63) is 48.3 Å². The van der Waals surface area contributed by atoms with Crippen molar-refractivity contribution in [1.29, 1.82) is 0 Å². The summed E-state index contributed by atoms with van der Waals surface area (Å²) in [5.74, 6) is 0.680. The molecule has 2 heterocycles. The molecule has 21 heavy (non-hydrogen) atoms. The number of fused-ring (bicyclic) bond motifs is 1. The lowest BCUT2D eigenvalue weighted by Gasteiger charge is -2.09. The normalized spacial score (nSPS) is 10.8. The first-order valence-corrected chi connectivity index (χ1v) is 7.21. The van der Waals surface area contributed by atoms with Gasteiger partial charge in [-0.15, -0.1) is 0 Å². The maximum Gasteiger partial charge on any atom is 0.223 e. The second-order valence-electron chi connectivity index (χ2n) is 5.03. The zero-order chi connectivity index (χ0) is 14.7. The predicted octanol–water partition coefficient (Wildman–Crippen LogP) is 3.82. The average Bonchev–Trinajstić information content (AvgIpc) is 2.52. The summed E-state index contributed by atoms with van der Waals surface area (Å²) < 4.78 is 0. The number of rotatable bonds is 4. The Kier molecular flexibility index (Phi) is 3.77. The number of aromatic nitrogens is 3. The molecule has 0 fully saturated rings. The van der Waals surface area contributed by atoms with Crippen LogP contribution >= 0.6 is 0 Å². The summed E-state index contributed by atoms with van der Waals surface area (Å²) in [5, 5.41) is 4.37. The number of nitrogens with one attached hydrogen (secondary N) is 1. The van der Waals surface area contributed by atoms with Crippen molar-refractivity contribution < 1.29 is 0 Å². The SMILES string of the molecule is CCCNc1nc(C)cc(-c2cccc3cccnc23)n1. The van der Waals surface area contributed by atoms with Crippen LogP contribution in [0.3, 0.4) is 0 Å². The fourth-order valence-corrected chi connectivity index (χ4v) is 2.33.